The number of aryl methyl sites for hydroxylation is 1. The normalized spacial score (nSPS) is 19.8. The lowest BCUT2D eigenvalue weighted by molar-refractivity contribution is 0.0695. The minimum atomic E-state index is -1.22. The van der Waals surface area contributed by atoms with Crippen LogP contribution in [0.3, 0.4) is 0 Å². The maximum absolute atomic E-state index is 12.2. The summed E-state index contributed by atoms with van der Waals surface area (Å²) in [6.07, 6.45) is 2.79. The average Bonchev–Trinajstić information content (AvgIpc) is 3.16. The summed E-state index contributed by atoms with van der Waals surface area (Å²) in [5.41, 5.74) is 2.56. The van der Waals surface area contributed by atoms with Crippen LogP contribution in [-0.2, 0) is 15.9 Å². The second kappa shape index (κ2) is 9.45. The van der Waals surface area contributed by atoms with Crippen molar-refractivity contribution in [2.24, 2.45) is 0 Å². The maximum atomic E-state index is 12.2. The zero-order valence-electron chi connectivity index (χ0n) is 18.0. The van der Waals surface area contributed by atoms with Crippen LogP contribution in [0.1, 0.15) is 42.6 Å². The van der Waals surface area contributed by atoms with Crippen LogP contribution in [0.15, 0.2) is 35.1 Å². The Bertz CT molecular complexity index is 938. The SMILES string of the molecule is CCc1cc(C(=O)O)c(=O)[nH]c1-c1ccc(N2[C@H](COC)CC[C@H]2C(C)OC)cc1. The number of pyridine rings is 1. The monoisotopic (exact) mass is 414 g/mol. The minimum absolute atomic E-state index is 0.0955. The van der Waals surface area contributed by atoms with E-state index >= 15 is 0 Å². The van der Waals surface area contributed by atoms with Gasteiger partial charge >= 0.3 is 5.97 Å². The van der Waals surface area contributed by atoms with Gasteiger partial charge in [-0.1, -0.05) is 19.1 Å². The Kier molecular flexibility index (Phi) is 6.95. The molecule has 0 radical (unpaired) electrons. The van der Waals surface area contributed by atoms with Crippen molar-refractivity contribution in [1.82, 2.24) is 4.98 Å². The zero-order valence-corrected chi connectivity index (χ0v) is 18.0. The first-order valence-corrected chi connectivity index (χ1v) is 10.3. The first-order valence-electron chi connectivity index (χ1n) is 10.3. The van der Waals surface area contributed by atoms with Crippen molar-refractivity contribution in [1.29, 1.82) is 0 Å². The summed E-state index contributed by atoms with van der Waals surface area (Å²) < 4.78 is 11.0. The molecule has 3 atom stereocenters. The molecule has 2 N–H and O–H groups in total. The zero-order chi connectivity index (χ0) is 21.8. The number of methoxy groups -OCH3 is 2. The number of rotatable bonds is 8. The number of H-pyrrole nitrogens is 1. The van der Waals surface area contributed by atoms with Crippen LogP contribution < -0.4 is 10.5 Å². The number of benzene rings is 1. The summed E-state index contributed by atoms with van der Waals surface area (Å²) in [7, 11) is 3.46. The van der Waals surface area contributed by atoms with E-state index in [0.717, 1.165) is 29.7 Å². The van der Waals surface area contributed by atoms with Crippen LogP contribution in [0.5, 0.6) is 0 Å². The standard InChI is InChI=1S/C23H30N2O5/c1-5-15-12-19(23(27)28)22(26)24-21(15)16-6-8-17(9-7-16)25-18(13-29-3)10-11-20(25)14(2)30-4/h6-9,12,14,18,20H,5,10-11,13H2,1-4H3,(H,24,26)(H,27,28)/t14?,18-,20-/m0/s1. The van der Waals surface area contributed by atoms with Crippen molar-refractivity contribution >= 4 is 11.7 Å². The fourth-order valence-electron chi connectivity index (χ4n) is 4.36. The first-order chi connectivity index (χ1) is 14.4. The number of nitrogens with one attached hydrogen (secondary N) is 1. The molecule has 7 heteroatoms. The van der Waals surface area contributed by atoms with E-state index in [1.165, 1.54) is 6.07 Å². The number of carbonyl (C=O) groups is 1. The molecule has 7 nitrogen and oxygen atoms in total. The van der Waals surface area contributed by atoms with Gasteiger partial charge in [0.25, 0.3) is 5.56 Å². The third kappa shape index (κ3) is 4.27. The molecule has 2 heterocycles. The highest BCUT2D eigenvalue weighted by molar-refractivity contribution is 5.88. The minimum Gasteiger partial charge on any atom is -0.477 e. The van der Waals surface area contributed by atoms with Crippen molar-refractivity contribution in [3.8, 4) is 11.3 Å². The molecular formula is C23H30N2O5. The molecular weight excluding hydrogens is 384 g/mol. The molecule has 0 amide bonds. The molecule has 1 aliphatic heterocycles. The largest absolute Gasteiger partial charge is 0.477 e. The highest BCUT2D eigenvalue weighted by Crippen LogP contribution is 2.34. The lowest BCUT2D eigenvalue weighted by Crippen LogP contribution is -2.44. The summed E-state index contributed by atoms with van der Waals surface area (Å²) >= 11 is 0. The number of aromatic carboxylic acids is 1. The predicted octanol–water partition coefficient (Wildman–Crippen LogP) is 3.32. The molecule has 30 heavy (non-hydrogen) atoms. The predicted molar refractivity (Wildman–Crippen MR) is 116 cm³/mol. The molecule has 162 valence electrons. The van der Waals surface area contributed by atoms with Gasteiger partial charge in [0.1, 0.15) is 5.56 Å². The van der Waals surface area contributed by atoms with E-state index in [1.807, 2.05) is 31.2 Å². The molecule has 3 rings (SSSR count). The Hall–Kier alpha value is -2.64. The van der Waals surface area contributed by atoms with Gasteiger partial charge in [-0.25, -0.2) is 4.79 Å². The molecule has 1 unspecified atom stereocenters. The number of carboxylic acid groups (broad SMARTS) is 1. The maximum Gasteiger partial charge on any atom is 0.341 e. The molecule has 1 aromatic heterocycles. The number of hydrogen-bond acceptors (Lipinski definition) is 5. The van der Waals surface area contributed by atoms with Crippen LogP contribution in [0.4, 0.5) is 5.69 Å². The quantitative estimate of drug-likeness (QED) is 0.689. The lowest BCUT2D eigenvalue weighted by Gasteiger charge is -2.35. The van der Waals surface area contributed by atoms with E-state index in [-0.39, 0.29) is 23.8 Å². The number of nitrogens with zero attached hydrogens (tertiary/aromatic N) is 1. The molecule has 0 spiro atoms. The van der Waals surface area contributed by atoms with Crippen LogP contribution in [0.2, 0.25) is 0 Å². The highest BCUT2D eigenvalue weighted by atomic mass is 16.5. The number of aromatic nitrogens is 1. The van der Waals surface area contributed by atoms with Crippen LogP contribution in [-0.4, -0.2) is 55.1 Å². The number of anilines is 1. The van der Waals surface area contributed by atoms with E-state index in [2.05, 4.69) is 16.8 Å². The Morgan fingerprint density at radius 3 is 2.53 bits per heavy atom. The number of carboxylic acids is 1. The van der Waals surface area contributed by atoms with Gasteiger partial charge in [0, 0.05) is 19.9 Å². The van der Waals surface area contributed by atoms with E-state index in [0.29, 0.717) is 18.7 Å². The van der Waals surface area contributed by atoms with E-state index < -0.39 is 11.5 Å². The van der Waals surface area contributed by atoms with Crippen LogP contribution in [0.25, 0.3) is 11.3 Å². The molecule has 0 aliphatic carbocycles. The van der Waals surface area contributed by atoms with Gasteiger partial charge in [-0.2, -0.15) is 0 Å². The topological polar surface area (TPSA) is 91.9 Å². The second-order valence-corrected chi connectivity index (χ2v) is 7.72. The summed E-state index contributed by atoms with van der Waals surface area (Å²) in [6.45, 7) is 4.68. The van der Waals surface area contributed by atoms with E-state index in [4.69, 9.17) is 9.47 Å². The molecule has 1 fully saturated rings. The van der Waals surface area contributed by atoms with Gasteiger partial charge in [-0.05, 0) is 55.5 Å². The fraction of sp³-hybridized carbons (Fsp3) is 0.478. The number of ether oxygens (including phenoxy) is 2. The van der Waals surface area contributed by atoms with Gasteiger partial charge < -0.3 is 24.5 Å². The third-order valence-corrected chi connectivity index (χ3v) is 6.01. The Labute approximate surface area is 176 Å². The fourth-order valence-corrected chi connectivity index (χ4v) is 4.36. The smallest absolute Gasteiger partial charge is 0.341 e. The summed E-state index contributed by atoms with van der Waals surface area (Å²) in [5, 5.41) is 9.22. The Morgan fingerprint density at radius 2 is 1.97 bits per heavy atom. The van der Waals surface area contributed by atoms with Gasteiger partial charge in [0.2, 0.25) is 0 Å². The van der Waals surface area contributed by atoms with Crippen LogP contribution >= 0.6 is 0 Å². The van der Waals surface area contributed by atoms with Crippen molar-refractivity contribution in [2.75, 3.05) is 25.7 Å². The lowest BCUT2D eigenvalue weighted by atomic mass is 10.0. The molecule has 2 aromatic rings. The number of hydrogen-bond donors (Lipinski definition) is 2. The van der Waals surface area contributed by atoms with Crippen molar-refractivity contribution < 1.29 is 19.4 Å². The summed E-state index contributed by atoms with van der Waals surface area (Å²) in [6, 6.07) is 10.0. The molecule has 0 bridgehead atoms. The molecule has 1 saturated heterocycles. The third-order valence-electron chi connectivity index (χ3n) is 6.01. The van der Waals surface area contributed by atoms with Crippen molar-refractivity contribution in [2.45, 2.75) is 51.3 Å². The molecule has 0 saturated carbocycles. The van der Waals surface area contributed by atoms with Gasteiger partial charge in [-0.3, -0.25) is 4.79 Å². The van der Waals surface area contributed by atoms with Crippen LogP contribution in [0, 0.1) is 0 Å². The summed E-state index contributed by atoms with van der Waals surface area (Å²) in [5.74, 6) is -1.22. The van der Waals surface area contributed by atoms with Gasteiger partial charge in [0.15, 0.2) is 0 Å². The van der Waals surface area contributed by atoms with E-state index in [9.17, 15) is 14.7 Å². The molecule has 1 aliphatic rings. The Balaban J connectivity index is 1.96. The van der Waals surface area contributed by atoms with Gasteiger partial charge in [0.05, 0.1) is 30.5 Å². The first kappa shape index (κ1) is 22.1. The van der Waals surface area contributed by atoms with Crippen molar-refractivity contribution in [3.05, 3.63) is 51.8 Å². The van der Waals surface area contributed by atoms with Gasteiger partial charge in [-0.15, -0.1) is 0 Å². The number of aromatic amines is 1. The summed E-state index contributed by atoms with van der Waals surface area (Å²) in [4.78, 5) is 28.6. The van der Waals surface area contributed by atoms with Crippen molar-refractivity contribution in [3.63, 3.8) is 0 Å². The second-order valence-electron chi connectivity index (χ2n) is 7.72. The molecule has 1 aromatic carbocycles. The Morgan fingerprint density at radius 1 is 1.27 bits per heavy atom. The highest BCUT2D eigenvalue weighted by Gasteiger charge is 2.36. The van der Waals surface area contributed by atoms with E-state index in [1.54, 1.807) is 14.2 Å². The average molecular weight is 415 g/mol.